The molecule has 0 aliphatic carbocycles. The molecule has 9 heteroatoms. The topological polar surface area (TPSA) is 90.7 Å². The Morgan fingerprint density at radius 3 is 2.68 bits per heavy atom. The molecule has 0 radical (unpaired) electrons. The van der Waals surface area contributed by atoms with E-state index in [4.69, 9.17) is 32.7 Å². The maximum absolute atomic E-state index is 12.0. The lowest BCUT2D eigenvalue weighted by atomic mass is 10.2. The maximum Gasteiger partial charge on any atom is 0.296 e. The second kappa shape index (κ2) is 8.55. The number of ether oxygens (including phenoxy) is 2. The second-order valence-corrected chi connectivity index (χ2v) is 5.54. The van der Waals surface area contributed by atoms with Crippen LogP contribution in [0, 0.1) is 10.1 Å². The minimum absolute atomic E-state index is 0.0410. The molecule has 0 fully saturated rings. The molecular weight excluding hydrogens is 371 g/mol. The fourth-order valence-electron chi connectivity index (χ4n) is 1.95. The summed E-state index contributed by atoms with van der Waals surface area (Å²) < 4.78 is 10.5. The number of nitro groups is 1. The van der Waals surface area contributed by atoms with E-state index in [0.29, 0.717) is 17.4 Å². The lowest BCUT2D eigenvalue weighted by Crippen LogP contribution is -2.20. The Balaban J connectivity index is 2.07. The van der Waals surface area contributed by atoms with Gasteiger partial charge in [-0.2, -0.15) is 0 Å². The number of benzene rings is 2. The molecule has 0 aliphatic heterocycles. The predicted octanol–water partition coefficient (Wildman–Crippen LogP) is 4.32. The zero-order valence-electron chi connectivity index (χ0n) is 13.1. The molecule has 0 unspecified atom stereocenters. The third-order valence-corrected chi connectivity index (χ3v) is 3.83. The van der Waals surface area contributed by atoms with Gasteiger partial charge in [0.2, 0.25) is 0 Å². The van der Waals surface area contributed by atoms with Gasteiger partial charge in [-0.15, -0.1) is 0 Å². The summed E-state index contributed by atoms with van der Waals surface area (Å²) in [6.07, 6.45) is 0. The summed E-state index contributed by atoms with van der Waals surface area (Å²) in [4.78, 5) is 22.6. The Kier molecular flexibility index (Phi) is 6.44. The number of rotatable bonds is 7. The van der Waals surface area contributed by atoms with Crippen LogP contribution in [-0.4, -0.2) is 24.0 Å². The third kappa shape index (κ3) is 4.98. The largest absolute Gasteiger partial charge is 0.494 e. The summed E-state index contributed by atoms with van der Waals surface area (Å²) in [5.41, 5.74) is -0.237. The SMILES string of the molecule is CCOc1ccc(NC(=O)COc2cccc(Cl)c2Cl)c([N+](=O)[O-])c1. The van der Waals surface area contributed by atoms with Crippen molar-refractivity contribution >= 4 is 40.5 Å². The number of amides is 1. The second-order valence-electron chi connectivity index (χ2n) is 4.76. The number of nitro benzene ring substituents is 1. The van der Waals surface area contributed by atoms with Gasteiger partial charge in [-0.3, -0.25) is 14.9 Å². The minimum Gasteiger partial charge on any atom is -0.494 e. The average Bonchev–Trinajstić information content (AvgIpc) is 2.57. The first-order valence-corrected chi connectivity index (χ1v) is 7.96. The van der Waals surface area contributed by atoms with E-state index in [1.54, 1.807) is 25.1 Å². The maximum atomic E-state index is 12.0. The Morgan fingerprint density at radius 2 is 2.00 bits per heavy atom. The molecule has 0 aromatic heterocycles. The van der Waals surface area contributed by atoms with Gasteiger partial charge >= 0.3 is 0 Å². The molecule has 2 aromatic carbocycles. The van der Waals surface area contributed by atoms with Crippen molar-refractivity contribution in [1.82, 2.24) is 0 Å². The number of nitrogens with zero attached hydrogens (tertiary/aromatic N) is 1. The van der Waals surface area contributed by atoms with Crippen molar-refractivity contribution in [3.8, 4) is 11.5 Å². The van der Waals surface area contributed by atoms with E-state index in [9.17, 15) is 14.9 Å². The van der Waals surface area contributed by atoms with Crippen LogP contribution >= 0.6 is 23.2 Å². The zero-order chi connectivity index (χ0) is 18.4. The molecule has 1 amide bonds. The normalized spacial score (nSPS) is 10.2. The van der Waals surface area contributed by atoms with Gasteiger partial charge in [0.05, 0.1) is 22.6 Å². The standard InChI is InChI=1S/C16H14Cl2N2O5/c1-2-24-10-6-7-12(13(8-10)20(22)23)19-15(21)9-25-14-5-3-4-11(17)16(14)18/h3-8H,2,9H2,1H3,(H,19,21). The van der Waals surface area contributed by atoms with E-state index < -0.39 is 10.8 Å². The molecular formula is C16H14Cl2N2O5. The summed E-state index contributed by atoms with van der Waals surface area (Å²) in [5.74, 6) is 0.00275. The van der Waals surface area contributed by atoms with Crippen molar-refractivity contribution < 1.29 is 19.2 Å². The number of halogens is 2. The van der Waals surface area contributed by atoms with Crippen LogP contribution in [-0.2, 0) is 4.79 Å². The van der Waals surface area contributed by atoms with Crippen LogP contribution < -0.4 is 14.8 Å². The molecule has 0 spiro atoms. The predicted molar refractivity (Wildman–Crippen MR) is 94.9 cm³/mol. The van der Waals surface area contributed by atoms with Crippen LogP contribution in [0.2, 0.25) is 10.0 Å². The molecule has 0 bridgehead atoms. The highest BCUT2D eigenvalue weighted by molar-refractivity contribution is 6.42. The Hall–Kier alpha value is -2.51. The number of carbonyl (C=O) groups is 1. The fraction of sp³-hybridized carbons (Fsp3) is 0.188. The number of nitrogens with one attached hydrogen (secondary N) is 1. The quantitative estimate of drug-likeness (QED) is 0.566. The van der Waals surface area contributed by atoms with Crippen LogP contribution in [0.5, 0.6) is 11.5 Å². The van der Waals surface area contributed by atoms with Crippen LogP contribution in [0.1, 0.15) is 6.92 Å². The number of hydrogen-bond acceptors (Lipinski definition) is 5. The fourth-order valence-corrected chi connectivity index (χ4v) is 2.30. The molecule has 0 atom stereocenters. The van der Waals surface area contributed by atoms with Gasteiger partial charge in [0.1, 0.15) is 22.2 Å². The van der Waals surface area contributed by atoms with E-state index in [1.807, 2.05) is 0 Å². The minimum atomic E-state index is -0.604. The van der Waals surface area contributed by atoms with E-state index in [0.717, 1.165) is 0 Å². The van der Waals surface area contributed by atoms with Crippen molar-refractivity contribution in [2.45, 2.75) is 6.92 Å². The lowest BCUT2D eigenvalue weighted by molar-refractivity contribution is -0.384. The Morgan fingerprint density at radius 1 is 1.24 bits per heavy atom. The van der Waals surface area contributed by atoms with Gasteiger partial charge in [0.25, 0.3) is 11.6 Å². The summed E-state index contributed by atoms with van der Waals surface area (Å²) in [6.45, 7) is 1.75. The third-order valence-electron chi connectivity index (χ3n) is 3.03. The Labute approximate surface area is 153 Å². The smallest absolute Gasteiger partial charge is 0.296 e. The molecule has 7 nitrogen and oxygen atoms in total. The molecule has 0 saturated heterocycles. The zero-order valence-corrected chi connectivity index (χ0v) is 14.6. The molecule has 25 heavy (non-hydrogen) atoms. The molecule has 1 N–H and O–H groups in total. The number of anilines is 1. The van der Waals surface area contributed by atoms with Gasteiger partial charge < -0.3 is 14.8 Å². The van der Waals surface area contributed by atoms with Crippen molar-refractivity contribution in [2.75, 3.05) is 18.5 Å². The average molecular weight is 385 g/mol. The summed E-state index contributed by atoms with van der Waals surface area (Å²) >= 11 is 11.8. The van der Waals surface area contributed by atoms with Crippen LogP contribution in [0.3, 0.4) is 0 Å². The van der Waals surface area contributed by atoms with Crippen molar-refractivity contribution in [1.29, 1.82) is 0 Å². The van der Waals surface area contributed by atoms with Crippen LogP contribution in [0.4, 0.5) is 11.4 Å². The highest BCUT2D eigenvalue weighted by atomic mass is 35.5. The summed E-state index contributed by atoms with van der Waals surface area (Å²) in [6, 6.07) is 8.93. The first-order chi connectivity index (χ1) is 11.9. The van der Waals surface area contributed by atoms with E-state index in [1.165, 1.54) is 18.2 Å². The molecule has 2 rings (SSSR count). The summed E-state index contributed by atoms with van der Waals surface area (Å²) in [7, 11) is 0. The van der Waals surface area contributed by atoms with Crippen molar-refractivity contribution in [3.05, 3.63) is 56.6 Å². The molecule has 0 saturated carbocycles. The van der Waals surface area contributed by atoms with Gasteiger partial charge in [0, 0.05) is 0 Å². The summed E-state index contributed by atoms with van der Waals surface area (Å²) in [5, 5.41) is 14.1. The highest BCUT2D eigenvalue weighted by Gasteiger charge is 2.18. The van der Waals surface area contributed by atoms with E-state index in [-0.39, 0.29) is 28.8 Å². The van der Waals surface area contributed by atoms with E-state index >= 15 is 0 Å². The Bertz CT molecular complexity index is 798. The molecule has 0 heterocycles. The van der Waals surface area contributed by atoms with Gasteiger partial charge in [-0.05, 0) is 31.2 Å². The number of carbonyl (C=O) groups excluding carboxylic acids is 1. The van der Waals surface area contributed by atoms with Gasteiger partial charge in [0.15, 0.2) is 6.61 Å². The van der Waals surface area contributed by atoms with Gasteiger partial charge in [-0.25, -0.2) is 0 Å². The van der Waals surface area contributed by atoms with Crippen molar-refractivity contribution in [3.63, 3.8) is 0 Å². The molecule has 0 aliphatic rings. The monoisotopic (exact) mass is 384 g/mol. The molecule has 2 aromatic rings. The van der Waals surface area contributed by atoms with Crippen molar-refractivity contribution in [2.24, 2.45) is 0 Å². The first-order valence-electron chi connectivity index (χ1n) is 7.20. The molecule has 132 valence electrons. The van der Waals surface area contributed by atoms with Crippen LogP contribution in [0.15, 0.2) is 36.4 Å². The van der Waals surface area contributed by atoms with Crippen LogP contribution in [0.25, 0.3) is 0 Å². The van der Waals surface area contributed by atoms with Gasteiger partial charge in [-0.1, -0.05) is 29.3 Å². The highest BCUT2D eigenvalue weighted by Crippen LogP contribution is 2.32. The number of hydrogen-bond donors (Lipinski definition) is 1. The lowest BCUT2D eigenvalue weighted by Gasteiger charge is -2.10. The van der Waals surface area contributed by atoms with E-state index in [2.05, 4.69) is 5.32 Å². The first kappa shape index (κ1) is 18.8.